The molecule has 0 aromatic heterocycles. The maximum atomic E-state index is 13.0. The Morgan fingerprint density at radius 1 is 0.970 bits per heavy atom. The molecule has 0 heterocycles. The Balaban J connectivity index is 1.87. The SMILES string of the molecule is COc1ccc2cc(C(CCC(F)(F)F)c3ccc(C(=O)NCCC(=O)O)cc3)ccc2c1. The van der Waals surface area contributed by atoms with E-state index in [0.717, 1.165) is 16.3 Å². The number of carbonyl (C=O) groups excluding carboxylic acids is 1. The Morgan fingerprint density at radius 2 is 1.61 bits per heavy atom. The average Bonchev–Trinajstić information content (AvgIpc) is 2.78. The first-order valence-corrected chi connectivity index (χ1v) is 10.4. The van der Waals surface area contributed by atoms with Crippen LogP contribution in [0.5, 0.6) is 5.75 Å². The van der Waals surface area contributed by atoms with E-state index in [9.17, 15) is 22.8 Å². The van der Waals surface area contributed by atoms with Gasteiger partial charge in [0.25, 0.3) is 5.91 Å². The third-order valence-corrected chi connectivity index (χ3v) is 5.39. The van der Waals surface area contributed by atoms with Crippen molar-refractivity contribution in [2.45, 2.75) is 31.4 Å². The Hall–Kier alpha value is -3.55. The number of alkyl halides is 3. The van der Waals surface area contributed by atoms with E-state index in [1.54, 1.807) is 25.3 Å². The van der Waals surface area contributed by atoms with E-state index in [0.29, 0.717) is 16.9 Å². The first-order valence-electron chi connectivity index (χ1n) is 10.4. The summed E-state index contributed by atoms with van der Waals surface area (Å²) >= 11 is 0. The molecule has 2 N–H and O–H groups in total. The molecule has 1 atom stereocenters. The summed E-state index contributed by atoms with van der Waals surface area (Å²) in [5, 5.41) is 13.0. The van der Waals surface area contributed by atoms with Crippen LogP contribution in [0.3, 0.4) is 0 Å². The molecular formula is C25H24F3NO4. The van der Waals surface area contributed by atoms with Crippen LogP contribution in [0.2, 0.25) is 0 Å². The van der Waals surface area contributed by atoms with E-state index in [2.05, 4.69) is 5.32 Å². The van der Waals surface area contributed by atoms with Crippen LogP contribution in [-0.4, -0.2) is 36.8 Å². The van der Waals surface area contributed by atoms with E-state index < -0.39 is 30.4 Å². The Labute approximate surface area is 189 Å². The van der Waals surface area contributed by atoms with Crippen LogP contribution in [0.1, 0.15) is 46.7 Å². The van der Waals surface area contributed by atoms with Gasteiger partial charge in [0.2, 0.25) is 0 Å². The fraction of sp³-hybridized carbons (Fsp3) is 0.280. The molecule has 0 aliphatic rings. The molecule has 0 aliphatic carbocycles. The molecule has 8 heteroatoms. The van der Waals surface area contributed by atoms with Gasteiger partial charge in [0, 0.05) is 24.4 Å². The van der Waals surface area contributed by atoms with Crippen LogP contribution < -0.4 is 10.1 Å². The molecule has 1 amide bonds. The van der Waals surface area contributed by atoms with Crippen LogP contribution in [0.4, 0.5) is 13.2 Å². The summed E-state index contributed by atoms with van der Waals surface area (Å²) in [7, 11) is 1.57. The number of amides is 1. The number of rotatable bonds is 9. The molecule has 3 rings (SSSR count). The van der Waals surface area contributed by atoms with Crippen molar-refractivity contribution in [3.05, 3.63) is 77.4 Å². The topological polar surface area (TPSA) is 75.6 Å². The maximum Gasteiger partial charge on any atom is 0.389 e. The maximum absolute atomic E-state index is 13.0. The average molecular weight is 459 g/mol. The highest BCUT2D eigenvalue weighted by molar-refractivity contribution is 5.94. The monoisotopic (exact) mass is 459 g/mol. The van der Waals surface area contributed by atoms with Gasteiger partial charge >= 0.3 is 12.1 Å². The van der Waals surface area contributed by atoms with E-state index in [-0.39, 0.29) is 19.4 Å². The fourth-order valence-corrected chi connectivity index (χ4v) is 3.67. The molecule has 0 radical (unpaired) electrons. The number of fused-ring (bicyclic) bond motifs is 1. The second kappa shape index (κ2) is 10.4. The predicted molar refractivity (Wildman–Crippen MR) is 119 cm³/mol. The van der Waals surface area contributed by atoms with Gasteiger partial charge in [0.05, 0.1) is 13.5 Å². The summed E-state index contributed by atoms with van der Waals surface area (Å²) in [5.41, 5.74) is 1.72. The van der Waals surface area contributed by atoms with Crippen LogP contribution >= 0.6 is 0 Å². The number of aliphatic carboxylic acids is 1. The molecule has 3 aromatic carbocycles. The second-order valence-corrected chi connectivity index (χ2v) is 7.70. The van der Waals surface area contributed by atoms with Crippen LogP contribution in [0, 0.1) is 0 Å². The first-order chi connectivity index (χ1) is 15.7. The van der Waals surface area contributed by atoms with Crippen molar-refractivity contribution < 1.29 is 32.6 Å². The fourth-order valence-electron chi connectivity index (χ4n) is 3.67. The molecule has 0 spiro atoms. The summed E-state index contributed by atoms with van der Waals surface area (Å²) in [6, 6.07) is 17.4. The number of halogens is 3. The van der Waals surface area contributed by atoms with Crippen molar-refractivity contribution in [3.63, 3.8) is 0 Å². The smallest absolute Gasteiger partial charge is 0.389 e. The zero-order valence-electron chi connectivity index (χ0n) is 18.0. The molecule has 33 heavy (non-hydrogen) atoms. The molecule has 3 aromatic rings. The summed E-state index contributed by atoms with van der Waals surface area (Å²) < 4.78 is 44.3. The van der Waals surface area contributed by atoms with E-state index in [4.69, 9.17) is 9.84 Å². The van der Waals surface area contributed by atoms with Crippen LogP contribution in [0.25, 0.3) is 10.8 Å². The van der Waals surface area contributed by atoms with Gasteiger partial charge in [-0.05, 0) is 52.6 Å². The third kappa shape index (κ3) is 6.71. The highest BCUT2D eigenvalue weighted by Crippen LogP contribution is 2.35. The van der Waals surface area contributed by atoms with Crippen LogP contribution in [0.15, 0.2) is 60.7 Å². The van der Waals surface area contributed by atoms with E-state index >= 15 is 0 Å². The van der Waals surface area contributed by atoms with Gasteiger partial charge in [-0.2, -0.15) is 13.2 Å². The Kier molecular flexibility index (Phi) is 7.58. The van der Waals surface area contributed by atoms with Gasteiger partial charge in [-0.3, -0.25) is 9.59 Å². The normalized spacial score (nSPS) is 12.4. The third-order valence-electron chi connectivity index (χ3n) is 5.39. The zero-order chi connectivity index (χ0) is 24.0. The molecule has 1 unspecified atom stereocenters. The largest absolute Gasteiger partial charge is 0.497 e. The summed E-state index contributed by atoms with van der Waals surface area (Å²) in [6.07, 6.45) is -5.55. The van der Waals surface area contributed by atoms with Crippen molar-refractivity contribution >= 4 is 22.6 Å². The first kappa shape index (κ1) is 24.1. The number of carboxylic acid groups (broad SMARTS) is 1. The van der Waals surface area contributed by atoms with E-state index in [1.165, 1.54) is 12.1 Å². The molecule has 0 bridgehead atoms. The van der Waals surface area contributed by atoms with Gasteiger partial charge in [-0.1, -0.05) is 36.4 Å². The number of ether oxygens (including phenoxy) is 1. The van der Waals surface area contributed by atoms with E-state index in [1.807, 2.05) is 30.3 Å². The van der Waals surface area contributed by atoms with Gasteiger partial charge in [-0.25, -0.2) is 0 Å². The lowest BCUT2D eigenvalue weighted by Crippen LogP contribution is -2.25. The number of nitrogens with one attached hydrogen (secondary N) is 1. The minimum atomic E-state index is -4.29. The van der Waals surface area contributed by atoms with Gasteiger partial charge in [0.15, 0.2) is 0 Å². The number of carboxylic acids is 1. The van der Waals surface area contributed by atoms with Gasteiger partial charge in [-0.15, -0.1) is 0 Å². The number of hydrogen-bond donors (Lipinski definition) is 2. The standard InChI is InChI=1S/C25H24F3NO4/c1-33-21-9-8-18-14-20(7-6-19(18)15-21)22(10-12-25(26,27)28)16-2-4-17(5-3-16)24(32)29-13-11-23(30)31/h2-9,14-15,22H,10-13H2,1H3,(H,29,32)(H,30,31). The zero-order valence-corrected chi connectivity index (χ0v) is 18.0. The van der Waals surface area contributed by atoms with Crippen LogP contribution in [-0.2, 0) is 4.79 Å². The second-order valence-electron chi connectivity index (χ2n) is 7.70. The minimum absolute atomic E-state index is 0.00794. The molecule has 174 valence electrons. The van der Waals surface area contributed by atoms with Crippen molar-refractivity contribution in [1.82, 2.24) is 5.32 Å². The molecule has 0 saturated heterocycles. The molecule has 0 fully saturated rings. The lowest BCUT2D eigenvalue weighted by Gasteiger charge is -2.20. The van der Waals surface area contributed by atoms with Gasteiger partial charge in [0.1, 0.15) is 5.75 Å². The number of benzene rings is 3. The minimum Gasteiger partial charge on any atom is -0.497 e. The number of hydrogen-bond acceptors (Lipinski definition) is 3. The molecule has 0 aliphatic heterocycles. The molecule has 0 saturated carbocycles. The van der Waals surface area contributed by atoms with Crippen molar-refractivity contribution in [2.24, 2.45) is 0 Å². The molecular weight excluding hydrogens is 435 g/mol. The van der Waals surface area contributed by atoms with Crippen molar-refractivity contribution in [3.8, 4) is 5.75 Å². The summed E-state index contributed by atoms with van der Waals surface area (Å²) in [4.78, 5) is 22.8. The lowest BCUT2D eigenvalue weighted by atomic mass is 9.86. The quantitative estimate of drug-likeness (QED) is 0.441. The van der Waals surface area contributed by atoms with Crippen molar-refractivity contribution in [2.75, 3.05) is 13.7 Å². The lowest BCUT2D eigenvalue weighted by molar-refractivity contribution is -0.137. The number of methoxy groups -OCH3 is 1. The predicted octanol–water partition coefficient (Wildman–Crippen LogP) is 5.53. The Bertz CT molecular complexity index is 1130. The Morgan fingerprint density at radius 3 is 2.24 bits per heavy atom. The molecule has 5 nitrogen and oxygen atoms in total. The highest BCUT2D eigenvalue weighted by atomic mass is 19.4. The van der Waals surface area contributed by atoms with Crippen molar-refractivity contribution in [1.29, 1.82) is 0 Å². The number of carbonyl (C=O) groups is 2. The summed E-state index contributed by atoms with van der Waals surface area (Å²) in [6.45, 7) is -0.00794. The highest BCUT2D eigenvalue weighted by Gasteiger charge is 2.29. The summed E-state index contributed by atoms with van der Waals surface area (Å²) in [5.74, 6) is -1.27. The van der Waals surface area contributed by atoms with Gasteiger partial charge < -0.3 is 15.2 Å².